The molecule has 0 aliphatic rings. The zero-order valence-corrected chi connectivity index (χ0v) is 26.3. The molecule has 0 bridgehead atoms. The highest BCUT2D eigenvalue weighted by Crippen LogP contribution is 2.36. The molecule has 0 aromatic heterocycles. The van der Waals surface area contributed by atoms with Crippen molar-refractivity contribution in [3.05, 3.63) is 101 Å². The van der Waals surface area contributed by atoms with E-state index < -0.39 is 32.5 Å². The lowest BCUT2D eigenvalue weighted by Gasteiger charge is -2.26. The molecule has 2 N–H and O–H groups in total. The summed E-state index contributed by atoms with van der Waals surface area (Å²) in [7, 11) is -5.43. The molecule has 0 spiro atoms. The Kier molecular flexibility index (Phi) is 9.75. The summed E-state index contributed by atoms with van der Waals surface area (Å²) in [5.41, 5.74) is 1.32. The zero-order chi connectivity index (χ0) is 31.4. The molecular weight excluding hydrogens is 637 g/mol. The van der Waals surface area contributed by atoms with Crippen LogP contribution in [0.1, 0.15) is 5.56 Å². The SMILES string of the molecule is COc1ccc(N(CC(=O)Nc2ccc(S(=O)(=O)Nc3cccc(Cl)c3Cl)cc2)S(=O)(=O)c2ccc(C)cc2)c(OC)c1. The minimum Gasteiger partial charge on any atom is -0.497 e. The smallest absolute Gasteiger partial charge is 0.264 e. The molecule has 0 radical (unpaired) electrons. The second-order valence-electron chi connectivity index (χ2n) is 9.14. The number of methoxy groups -OCH3 is 2. The van der Waals surface area contributed by atoms with Gasteiger partial charge in [0.2, 0.25) is 5.91 Å². The van der Waals surface area contributed by atoms with Crippen molar-refractivity contribution in [1.29, 1.82) is 0 Å². The number of carbonyl (C=O) groups excluding carboxylic acids is 1. The Bertz CT molecular complexity index is 1850. The Hall–Kier alpha value is -3.97. The number of anilines is 3. The van der Waals surface area contributed by atoms with Gasteiger partial charge in [-0.1, -0.05) is 47.0 Å². The number of sulfonamides is 2. The van der Waals surface area contributed by atoms with Crippen LogP contribution in [0.2, 0.25) is 10.0 Å². The maximum Gasteiger partial charge on any atom is 0.264 e. The third-order valence-electron chi connectivity index (χ3n) is 6.20. The minimum atomic E-state index is -4.23. The van der Waals surface area contributed by atoms with Gasteiger partial charge in [0.05, 0.1) is 45.4 Å². The van der Waals surface area contributed by atoms with E-state index >= 15 is 0 Å². The summed E-state index contributed by atoms with van der Waals surface area (Å²) in [6, 6.07) is 20.6. The van der Waals surface area contributed by atoms with Gasteiger partial charge in [-0.05, 0) is 67.6 Å². The first kappa shape index (κ1) is 32.0. The maximum atomic E-state index is 13.8. The molecule has 0 heterocycles. The third kappa shape index (κ3) is 7.34. The number of benzene rings is 4. The van der Waals surface area contributed by atoms with Crippen LogP contribution in [0, 0.1) is 6.92 Å². The van der Waals surface area contributed by atoms with Gasteiger partial charge < -0.3 is 14.8 Å². The molecule has 0 aliphatic heterocycles. The van der Waals surface area contributed by atoms with Gasteiger partial charge in [0.1, 0.15) is 18.0 Å². The highest BCUT2D eigenvalue weighted by Gasteiger charge is 2.30. The van der Waals surface area contributed by atoms with Crippen LogP contribution in [0.15, 0.2) is 94.7 Å². The van der Waals surface area contributed by atoms with Crippen molar-refractivity contribution in [2.45, 2.75) is 16.7 Å². The molecule has 0 unspecified atom stereocenters. The third-order valence-corrected chi connectivity index (χ3v) is 10.2. The van der Waals surface area contributed by atoms with Crippen LogP contribution in [-0.4, -0.2) is 43.5 Å². The summed E-state index contributed by atoms with van der Waals surface area (Å²) >= 11 is 12.1. The highest BCUT2D eigenvalue weighted by atomic mass is 35.5. The molecule has 0 aliphatic carbocycles. The predicted molar refractivity (Wildman–Crippen MR) is 168 cm³/mol. The van der Waals surface area contributed by atoms with E-state index in [9.17, 15) is 21.6 Å². The van der Waals surface area contributed by atoms with E-state index in [1.54, 1.807) is 24.3 Å². The van der Waals surface area contributed by atoms with E-state index in [0.717, 1.165) is 9.87 Å². The van der Waals surface area contributed by atoms with Crippen molar-refractivity contribution in [2.24, 2.45) is 0 Å². The molecule has 0 saturated carbocycles. The lowest BCUT2D eigenvalue weighted by Crippen LogP contribution is -2.38. The fourth-order valence-corrected chi connectivity index (χ4v) is 6.87. The molecule has 10 nitrogen and oxygen atoms in total. The summed E-state index contributed by atoms with van der Waals surface area (Å²) in [5, 5.41) is 2.85. The van der Waals surface area contributed by atoms with Crippen LogP contribution >= 0.6 is 23.2 Å². The first-order valence-corrected chi connectivity index (χ1v) is 16.2. The Morgan fingerprint density at radius 2 is 1.49 bits per heavy atom. The standard InChI is InChI=1S/C29H27Cl2N3O7S2/c1-19-7-12-23(13-8-19)43(38,39)34(26-16-11-21(40-2)17-27(26)41-3)18-28(35)32-20-9-14-22(15-10-20)42(36,37)33-25-6-4-5-24(30)29(25)31/h4-17,33H,18H2,1-3H3,(H,32,35). The predicted octanol–water partition coefficient (Wildman–Crippen LogP) is 5.95. The molecule has 14 heteroatoms. The number of amides is 1. The van der Waals surface area contributed by atoms with E-state index in [1.165, 1.54) is 74.9 Å². The van der Waals surface area contributed by atoms with Crippen LogP contribution in [0.3, 0.4) is 0 Å². The molecule has 0 atom stereocenters. The van der Waals surface area contributed by atoms with Gasteiger partial charge in [-0.2, -0.15) is 0 Å². The number of nitrogens with one attached hydrogen (secondary N) is 2. The lowest BCUT2D eigenvalue weighted by atomic mass is 10.2. The van der Waals surface area contributed by atoms with Gasteiger partial charge in [0.25, 0.3) is 20.0 Å². The highest BCUT2D eigenvalue weighted by molar-refractivity contribution is 7.93. The largest absolute Gasteiger partial charge is 0.497 e. The summed E-state index contributed by atoms with van der Waals surface area (Å²) in [6.07, 6.45) is 0. The molecule has 43 heavy (non-hydrogen) atoms. The van der Waals surface area contributed by atoms with E-state index in [4.69, 9.17) is 32.7 Å². The van der Waals surface area contributed by atoms with Gasteiger partial charge in [-0.25, -0.2) is 16.8 Å². The van der Waals surface area contributed by atoms with Crippen LogP contribution in [0.4, 0.5) is 17.1 Å². The molecule has 226 valence electrons. The molecule has 0 fully saturated rings. The van der Waals surface area contributed by atoms with Crippen LogP contribution < -0.4 is 23.8 Å². The summed E-state index contributed by atoms with van der Waals surface area (Å²) < 4.78 is 67.3. The molecular formula is C29H27Cl2N3O7S2. The molecule has 1 amide bonds. The second kappa shape index (κ2) is 13.1. The van der Waals surface area contributed by atoms with Crippen molar-refractivity contribution in [2.75, 3.05) is 35.1 Å². The Balaban J connectivity index is 1.59. The Morgan fingerprint density at radius 1 is 0.837 bits per heavy atom. The second-order valence-corrected chi connectivity index (χ2v) is 13.5. The first-order valence-electron chi connectivity index (χ1n) is 12.5. The first-order chi connectivity index (χ1) is 20.3. The normalized spacial score (nSPS) is 11.5. The molecule has 4 rings (SSSR count). The van der Waals surface area contributed by atoms with E-state index in [2.05, 4.69) is 10.0 Å². The van der Waals surface area contributed by atoms with Crippen molar-refractivity contribution in [1.82, 2.24) is 0 Å². The van der Waals surface area contributed by atoms with Gasteiger partial charge in [0, 0.05) is 11.8 Å². The topological polar surface area (TPSA) is 131 Å². The zero-order valence-electron chi connectivity index (χ0n) is 23.2. The molecule has 4 aromatic carbocycles. The van der Waals surface area contributed by atoms with E-state index in [0.29, 0.717) is 5.75 Å². The lowest BCUT2D eigenvalue weighted by molar-refractivity contribution is -0.114. The summed E-state index contributed by atoms with van der Waals surface area (Å²) in [4.78, 5) is 13.1. The number of aryl methyl sites for hydroxylation is 1. The van der Waals surface area contributed by atoms with Crippen LogP contribution in [0.5, 0.6) is 11.5 Å². The fourth-order valence-electron chi connectivity index (χ4n) is 3.96. The molecule has 4 aromatic rings. The van der Waals surface area contributed by atoms with Crippen molar-refractivity contribution in [3.8, 4) is 11.5 Å². The van der Waals surface area contributed by atoms with Crippen molar-refractivity contribution < 1.29 is 31.1 Å². The Morgan fingerprint density at radius 3 is 2.12 bits per heavy atom. The number of carbonyl (C=O) groups is 1. The molecule has 0 saturated heterocycles. The van der Waals surface area contributed by atoms with Crippen LogP contribution in [0.25, 0.3) is 0 Å². The number of hydrogen-bond donors (Lipinski definition) is 2. The monoisotopic (exact) mass is 663 g/mol. The minimum absolute atomic E-state index is 0.0226. The summed E-state index contributed by atoms with van der Waals surface area (Å²) in [5.74, 6) is -0.0856. The summed E-state index contributed by atoms with van der Waals surface area (Å²) in [6.45, 7) is 1.21. The average molecular weight is 665 g/mol. The van der Waals surface area contributed by atoms with Gasteiger partial charge in [-0.15, -0.1) is 0 Å². The van der Waals surface area contributed by atoms with Gasteiger partial charge >= 0.3 is 0 Å². The van der Waals surface area contributed by atoms with E-state index in [-0.39, 0.29) is 42.6 Å². The van der Waals surface area contributed by atoms with E-state index in [1.807, 2.05) is 6.92 Å². The number of rotatable bonds is 11. The van der Waals surface area contributed by atoms with Crippen molar-refractivity contribution in [3.63, 3.8) is 0 Å². The van der Waals surface area contributed by atoms with Crippen molar-refractivity contribution >= 4 is 66.2 Å². The van der Waals surface area contributed by atoms with Gasteiger partial charge in [-0.3, -0.25) is 13.8 Å². The number of halogens is 2. The fraction of sp³-hybridized carbons (Fsp3) is 0.138. The number of nitrogens with zero attached hydrogens (tertiary/aromatic N) is 1. The van der Waals surface area contributed by atoms with Gasteiger partial charge in [0.15, 0.2) is 0 Å². The Labute approximate surface area is 260 Å². The number of hydrogen-bond acceptors (Lipinski definition) is 7. The quantitative estimate of drug-likeness (QED) is 0.203. The number of ether oxygens (including phenoxy) is 2. The maximum absolute atomic E-state index is 13.8. The average Bonchev–Trinajstić information content (AvgIpc) is 2.98. The van der Waals surface area contributed by atoms with Crippen LogP contribution in [-0.2, 0) is 24.8 Å².